The average molecular weight is 419 g/mol. The molecular formula is C23H46O2S2. The van der Waals surface area contributed by atoms with Crippen LogP contribution in [0, 0.1) is 5.92 Å². The maximum atomic E-state index is 12.3. The van der Waals surface area contributed by atoms with Crippen molar-refractivity contribution in [3.05, 3.63) is 0 Å². The molecule has 27 heavy (non-hydrogen) atoms. The Labute approximate surface area is 180 Å². The van der Waals surface area contributed by atoms with Crippen LogP contribution < -0.4 is 0 Å². The zero-order valence-corrected chi connectivity index (χ0v) is 20.0. The van der Waals surface area contributed by atoms with E-state index in [2.05, 4.69) is 33.4 Å². The fourth-order valence-corrected chi connectivity index (χ4v) is 4.21. The molecule has 0 aromatic heterocycles. The van der Waals surface area contributed by atoms with Crippen LogP contribution in [0.2, 0.25) is 0 Å². The van der Waals surface area contributed by atoms with Crippen LogP contribution >= 0.6 is 25.3 Å². The van der Waals surface area contributed by atoms with Crippen LogP contribution in [0.1, 0.15) is 117 Å². The summed E-state index contributed by atoms with van der Waals surface area (Å²) in [6.07, 6.45) is 17.1. The van der Waals surface area contributed by atoms with Crippen molar-refractivity contribution in [2.45, 2.75) is 128 Å². The quantitative estimate of drug-likeness (QED) is 0.128. The van der Waals surface area contributed by atoms with E-state index in [9.17, 15) is 4.79 Å². The van der Waals surface area contributed by atoms with Crippen molar-refractivity contribution in [3.63, 3.8) is 0 Å². The van der Waals surface area contributed by atoms with E-state index in [0.29, 0.717) is 12.3 Å². The summed E-state index contributed by atoms with van der Waals surface area (Å²) in [7, 11) is 0. The van der Waals surface area contributed by atoms with Crippen LogP contribution in [0.5, 0.6) is 0 Å². The van der Waals surface area contributed by atoms with Crippen LogP contribution in [-0.4, -0.2) is 23.1 Å². The predicted molar refractivity (Wildman–Crippen MR) is 126 cm³/mol. The maximum Gasteiger partial charge on any atom is 0.306 e. The number of thiol groups is 2. The highest BCUT2D eigenvalue weighted by atomic mass is 32.1. The summed E-state index contributed by atoms with van der Waals surface area (Å²) >= 11 is 9.17. The molecule has 0 aliphatic heterocycles. The molecular weight excluding hydrogens is 372 g/mol. The number of esters is 1. The molecule has 162 valence electrons. The summed E-state index contributed by atoms with van der Waals surface area (Å²) in [6, 6.07) is 0. The van der Waals surface area contributed by atoms with Crippen molar-refractivity contribution >= 4 is 31.2 Å². The molecule has 2 nitrogen and oxygen atoms in total. The van der Waals surface area contributed by atoms with Crippen LogP contribution in [0.3, 0.4) is 0 Å². The van der Waals surface area contributed by atoms with Crippen LogP contribution in [0.25, 0.3) is 0 Å². The van der Waals surface area contributed by atoms with Crippen LogP contribution in [0.15, 0.2) is 0 Å². The number of carbonyl (C=O) groups is 1. The van der Waals surface area contributed by atoms with Gasteiger partial charge >= 0.3 is 5.97 Å². The third-order valence-electron chi connectivity index (χ3n) is 5.37. The number of hydrogen-bond acceptors (Lipinski definition) is 4. The molecule has 0 amide bonds. The number of rotatable bonds is 19. The molecule has 0 radical (unpaired) electrons. The van der Waals surface area contributed by atoms with Gasteiger partial charge < -0.3 is 4.74 Å². The first-order valence-electron chi connectivity index (χ1n) is 11.6. The SMILES string of the molecule is CCCCCCCCCC(CC(CCC)C(S)CS)OC(=O)CCCCC. The second-order valence-electron chi connectivity index (χ2n) is 8.01. The number of ether oxygens (including phenoxy) is 1. The lowest BCUT2D eigenvalue weighted by Gasteiger charge is -2.27. The summed E-state index contributed by atoms with van der Waals surface area (Å²) in [5, 5.41) is 0.281. The molecule has 0 aromatic carbocycles. The van der Waals surface area contributed by atoms with E-state index in [1.165, 1.54) is 38.5 Å². The lowest BCUT2D eigenvalue weighted by Crippen LogP contribution is -2.26. The molecule has 0 aromatic rings. The van der Waals surface area contributed by atoms with Crippen LogP contribution in [-0.2, 0) is 9.53 Å². The lowest BCUT2D eigenvalue weighted by atomic mass is 9.91. The summed E-state index contributed by atoms with van der Waals surface area (Å²) in [6.45, 7) is 6.63. The average Bonchev–Trinajstić information content (AvgIpc) is 2.66. The molecule has 0 N–H and O–H groups in total. The third-order valence-corrected chi connectivity index (χ3v) is 6.65. The molecule has 0 fully saturated rings. The largest absolute Gasteiger partial charge is 0.462 e. The van der Waals surface area contributed by atoms with Gasteiger partial charge in [-0.1, -0.05) is 78.6 Å². The number of carbonyl (C=O) groups excluding carboxylic acids is 1. The third kappa shape index (κ3) is 15.7. The molecule has 0 aliphatic carbocycles. The summed E-state index contributed by atoms with van der Waals surface area (Å²) in [5.41, 5.74) is 0. The molecule has 0 heterocycles. The normalized spacial score (nSPS) is 14.7. The first kappa shape index (κ1) is 27.2. The Kier molecular flexibility index (Phi) is 19.6. The molecule has 0 bridgehead atoms. The van der Waals surface area contributed by atoms with Gasteiger partial charge in [0, 0.05) is 17.4 Å². The van der Waals surface area contributed by atoms with E-state index >= 15 is 0 Å². The summed E-state index contributed by atoms with van der Waals surface area (Å²) in [4.78, 5) is 12.3. The number of hydrogen-bond donors (Lipinski definition) is 2. The van der Waals surface area contributed by atoms with Gasteiger partial charge in [-0.05, 0) is 38.0 Å². The summed E-state index contributed by atoms with van der Waals surface area (Å²) < 4.78 is 5.92. The van der Waals surface area contributed by atoms with Crippen molar-refractivity contribution in [1.29, 1.82) is 0 Å². The van der Waals surface area contributed by atoms with Crippen molar-refractivity contribution in [3.8, 4) is 0 Å². The van der Waals surface area contributed by atoms with Gasteiger partial charge in [0.2, 0.25) is 0 Å². The van der Waals surface area contributed by atoms with E-state index in [1.807, 2.05) is 0 Å². The minimum absolute atomic E-state index is 0.00627. The lowest BCUT2D eigenvalue weighted by molar-refractivity contribution is -0.150. The van der Waals surface area contributed by atoms with Gasteiger partial charge in [-0.15, -0.1) is 0 Å². The maximum absolute atomic E-state index is 12.3. The van der Waals surface area contributed by atoms with Gasteiger partial charge in [-0.3, -0.25) is 4.79 Å². The predicted octanol–water partition coefficient (Wildman–Crippen LogP) is 7.65. The monoisotopic (exact) mass is 418 g/mol. The summed E-state index contributed by atoms with van der Waals surface area (Å²) in [5.74, 6) is 1.25. The second kappa shape index (κ2) is 19.5. The van der Waals surface area contributed by atoms with Crippen molar-refractivity contribution in [2.75, 3.05) is 5.75 Å². The smallest absolute Gasteiger partial charge is 0.306 e. The fourth-order valence-electron chi connectivity index (χ4n) is 3.64. The minimum Gasteiger partial charge on any atom is -0.462 e. The Morgan fingerprint density at radius 2 is 1.41 bits per heavy atom. The Bertz CT molecular complexity index is 336. The van der Waals surface area contributed by atoms with Gasteiger partial charge in [0.05, 0.1) is 0 Å². The van der Waals surface area contributed by atoms with Crippen LogP contribution in [0.4, 0.5) is 0 Å². The van der Waals surface area contributed by atoms with Gasteiger partial charge in [0.1, 0.15) is 6.10 Å². The molecule has 0 saturated heterocycles. The highest BCUT2D eigenvalue weighted by molar-refractivity contribution is 7.84. The molecule has 0 aliphatic rings. The first-order chi connectivity index (χ1) is 13.1. The van der Waals surface area contributed by atoms with Crippen molar-refractivity contribution in [2.24, 2.45) is 5.92 Å². The van der Waals surface area contributed by atoms with Gasteiger partial charge in [-0.25, -0.2) is 0 Å². The van der Waals surface area contributed by atoms with E-state index in [1.54, 1.807) is 0 Å². The Balaban J connectivity index is 4.47. The highest BCUT2D eigenvalue weighted by Gasteiger charge is 2.23. The van der Waals surface area contributed by atoms with E-state index in [0.717, 1.165) is 57.1 Å². The van der Waals surface area contributed by atoms with Crippen molar-refractivity contribution < 1.29 is 9.53 Å². The van der Waals surface area contributed by atoms with E-state index in [-0.39, 0.29) is 17.3 Å². The molecule has 0 rings (SSSR count). The van der Waals surface area contributed by atoms with Gasteiger partial charge in [-0.2, -0.15) is 25.3 Å². The second-order valence-corrected chi connectivity index (χ2v) is 9.04. The molecule has 0 spiro atoms. The van der Waals surface area contributed by atoms with Gasteiger partial charge in [0.15, 0.2) is 0 Å². The Hall–Kier alpha value is 0.170. The molecule has 4 heteroatoms. The highest BCUT2D eigenvalue weighted by Crippen LogP contribution is 2.27. The molecule has 0 saturated carbocycles. The zero-order valence-electron chi connectivity index (χ0n) is 18.3. The zero-order chi connectivity index (χ0) is 20.3. The van der Waals surface area contributed by atoms with Gasteiger partial charge in [0.25, 0.3) is 0 Å². The Morgan fingerprint density at radius 1 is 0.815 bits per heavy atom. The van der Waals surface area contributed by atoms with E-state index < -0.39 is 0 Å². The fraction of sp³-hybridized carbons (Fsp3) is 0.957. The molecule has 3 atom stereocenters. The Morgan fingerprint density at radius 3 is 2.00 bits per heavy atom. The van der Waals surface area contributed by atoms with E-state index in [4.69, 9.17) is 17.4 Å². The first-order valence-corrected chi connectivity index (χ1v) is 12.7. The van der Waals surface area contributed by atoms with Crippen molar-refractivity contribution in [1.82, 2.24) is 0 Å². The standard InChI is InChI=1S/C23H46O2S2/c1-4-7-9-10-11-12-14-16-21(25-23(24)17-13-8-5-2)18-20(15-6-3)22(27)19-26/h20-22,26-27H,4-19H2,1-3H3. The topological polar surface area (TPSA) is 26.3 Å². The number of unbranched alkanes of at least 4 members (excludes halogenated alkanes) is 8. The minimum atomic E-state index is -0.00627. The molecule has 3 unspecified atom stereocenters.